The standard InChI is InChI=1S/C68H107NO8/c1-6-8-10-12-14-16-18-20-22-24-26-27-28-29-30-31-32-33-34-35-36-37-38-39-41-43-45-47-49-51-53-55-57-59-66(71)77-64(63-76-68(67(72)73)74-61-60-69(3,4)5)62-75-65(70)58-56-54-52-50-48-46-44-42-40-25-23-21-19-17-15-13-11-9-7-2/h8,10,14-17,20-23,26-27,29-30,32-33,35-36,38-40,42-43,45,49,51,64,68H,6-7,9,11-13,18-19,24-25,28,31,34,37,41,44,46-48,50,52-63H2,1-5H3/p+1/b10-8-,16-14-,17-15-,22-20-,23-21-,27-26-,30-29-,33-32-,36-35-,39-38-,42-40-,45-43-,51-49-. The molecule has 0 aromatic rings. The Hall–Kier alpha value is -5.09. The van der Waals surface area contributed by atoms with E-state index in [1.807, 2.05) is 21.1 Å². The van der Waals surface area contributed by atoms with Gasteiger partial charge in [0, 0.05) is 12.8 Å². The molecule has 0 aliphatic heterocycles. The van der Waals surface area contributed by atoms with Gasteiger partial charge in [-0.05, 0) is 128 Å². The first kappa shape index (κ1) is 71.9. The molecule has 0 saturated carbocycles. The number of carboxylic acid groups (broad SMARTS) is 1. The molecule has 0 heterocycles. The van der Waals surface area contributed by atoms with Crippen molar-refractivity contribution in [2.45, 2.75) is 206 Å². The van der Waals surface area contributed by atoms with Gasteiger partial charge in [-0.25, -0.2) is 4.79 Å². The van der Waals surface area contributed by atoms with Crippen LogP contribution in [0.4, 0.5) is 0 Å². The van der Waals surface area contributed by atoms with Crippen molar-refractivity contribution in [2.24, 2.45) is 0 Å². The van der Waals surface area contributed by atoms with Crippen molar-refractivity contribution in [1.29, 1.82) is 0 Å². The number of carboxylic acids is 1. The van der Waals surface area contributed by atoms with Crippen LogP contribution in [0.1, 0.15) is 194 Å². The molecule has 77 heavy (non-hydrogen) atoms. The quantitative estimate of drug-likeness (QED) is 0.0211. The van der Waals surface area contributed by atoms with Crippen molar-refractivity contribution in [2.75, 3.05) is 47.5 Å². The largest absolute Gasteiger partial charge is 0.477 e. The summed E-state index contributed by atoms with van der Waals surface area (Å²) in [7, 11) is 5.93. The molecule has 0 spiro atoms. The van der Waals surface area contributed by atoms with Crippen LogP contribution >= 0.6 is 0 Å². The highest BCUT2D eigenvalue weighted by Crippen LogP contribution is 2.12. The molecule has 0 rings (SSSR count). The zero-order chi connectivity index (χ0) is 56.2. The number of rotatable bonds is 52. The molecular weight excluding hydrogens is 959 g/mol. The van der Waals surface area contributed by atoms with E-state index in [1.165, 1.54) is 25.7 Å². The summed E-state index contributed by atoms with van der Waals surface area (Å²) in [5.74, 6) is -2.11. The fourth-order valence-electron chi connectivity index (χ4n) is 7.22. The molecule has 0 aliphatic carbocycles. The molecule has 432 valence electrons. The van der Waals surface area contributed by atoms with E-state index in [2.05, 4.69) is 172 Å². The summed E-state index contributed by atoms with van der Waals surface area (Å²) in [4.78, 5) is 37.4. The van der Waals surface area contributed by atoms with E-state index >= 15 is 0 Å². The average Bonchev–Trinajstić information content (AvgIpc) is 3.40. The summed E-state index contributed by atoms with van der Waals surface area (Å²) >= 11 is 0. The second-order valence-corrected chi connectivity index (χ2v) is 20.2. The van der Waals surface area contributed by atoms with Crippen LogP contribution in [0.3, 0.4) is 0 Å². The van der Waals surface area contributed by atoms with Crippen LogP contribution in [0.25, 0.3) is 0 Å². The minimum Gasteiger partial charge on any atom is -0.477 e. The highest BCUT2D eigenvalue weighted by atomic mass is 16.7. The molecule has 0 aromatic carbocycles. The van der Waals surface area contributed by atoms with Crippen molar-refractivity contribution >= 4 is 17.9 Å². The topological polar surface area (TPSA) is 108 Å². The third-order valence-electron chi connectivity index (χ3n) is 11.8. The molecule has 0 amide bonds. The van der Waals surface area contributed by atoms with Gasteiger partial charge in [0.25, 0.3) is 6.29 Å². The first-order valence-electron chi connectivity index (χ1n) is 29.6. The maximum atomic E-state index is 12.9. The Morgan fingerprint density at radius 1 is 0.403 bits per heavy atom. The van der Waals surface area contributed by atoms with Gasteiger partial charge in [-0.3, -0.25) is 9.59 Å². The first-order chi connectivity index (χ1) is 37.6. The molecule has 0 radical (unpaired) electrons. The lowest BCUT2D eigenvalue weighted by atomic mass is 10.1. The zero-order valence-electron chi connectivity index (χ0n) is 49.0. The molecule has 9 nitrogen and oxygen atoms in total. The number of carbonyl (C=O) groups is 3. The van der Waals surface area contributed by atoms with Crippen LogP contribution in [-0.4, -0.2) is 87.4 Å². The van der Waals surface area contributed by atoms with Crippen molar-refractivity contribution in [3.05, 3.63) is 158 Å². The van der Waals surface area contributed by atoms with Gasteiger partial charge < -0.3 is 28.5 Å². The van der Waals surface area contributed by atoms with Crippen molar-refractivity contribution in [3.8, 4) is 0 Å². The van der Waals surface area contributed by atoms with Gasteiger partial charge in [0.2, 0.25) is 0 Å². The molecule has 2 atom stereocenters. The van der Waals surface area contributed by atoms with Crippen molar-refractivity contribution < 1.29 is 42.9 Å². The highest BCUT2D eigenvalue weighted by molar-refractivity contribution is 5.71. The van der Waals surface area contributed by atoms with Gasteiger partial charge >= 0.3 is 17.9 Å². The van der Waals surface area contributed by atoms with E-state index in [9.17, 15) is 19.5 Å². The monoisotopic (exact) mass is 1070 g/mol. The Balaban J connectivity index is 4.40. The van der Waals surface area contributed by atoms with Crippen LogP contribution in [0, 0.1) is 0 Å². The molecule has 1 N–H and O–H groups in total. The normalized spacial score (nSPS) is 13.9. The smallest absolute Gasteiger partial charge is 0.361 e. The molecule has 0 aromatic heterocycles. The number of hydrogen-bond acceptors (Lipinski definition) is 7. The summed E-state index contributed by atoms with van der Waals surface area (Å²) in [5.41, 5.74) is 0. The van der Waals surface area contributed by atoms with E-state index in [4.69, 9.17) is 18.9 Å². The lowest BCUT2D eigenvalue weighted by Crippen LogP contribution is -2.40. The number of hydrogen-bond donors (Lipinski definition) is 1. The number of aliphatic carboxylic acids is 1. The van der Waals surface area contributed by atoms with Crippen LogP contribution in [0.15, 0.2) is 158 Å². The Morgan fingerprint density at radius 2 is 0.740 bits per heavy atom. The lowest BCUT2D eigenvalue weighted by molar-refractivity contribution is -0.870. The van der Waals surface area contributed by atoms with Crippen LogP contribution < -0.4 is 0 Å². The minimum absolute atomic E-state index is 0.167. The summed E-state index contributed by atoms with van der Waals surface area (Å²) < 4.78 is 22.8. The average molecular weight is 1070 g/mol. The zero-order valence-corrected chi connectivity index (χ0v) is 49.0. The Kier molecular flexibility index (Phi) is 53.3. The molecule has 2 unspecified atom stereocenters. The number of likely N-dealkylation sites (N-methyl/N-ethyl adjacent to an activating group) is 1. The second kappa shape index (κ2) is 57.1. The van der Waals surface area contributed by atoms with Gasteiger partial charge in [-0.1, -0.05) is 210 Å². The number of carbonyl (C=O) groups excluding carboxylic acids is 2. The van der Waals surface area contributed by atoms with Gasteiger partial charge in [0.15, 0.2) is 6.10 Å². The summed E-state index contributed by atoms with van der Waals surface area (Å²) in [5, 5.41) is 9.70. The highest BCUT2D eigenvalue weighted by Gasteiger charge is 2.25. The predicted octanol–water partition coefficient (Wildman–Crippen LogP) is 17.8. The predicted molar refractivity (Wildman–Crippen MR) is 327 cm³/mol. The van der Waals surface area contributed by atoms with Crippen molar-refractivity contribution in [1.82, 2.24) is 0 Å². The number of esters is 2. The van der Waals surface area contributed by atoms with E-state index in [1.54, 1.807) is 0 Å². The molecule has 0 aliphatic rings. The fourth-order valence-corrected chi connectivity index (χ4v) is 7.22. The van der Waals surface area contributed by atoms with E-state index < -0.39 is 24.3 Å². The molecule has 0 bridgehead atoms. The van der Waals surface area contributed by atoms with Crippen molar-refractivity contribution in [3.63, 3.8) is 0 Å². The van der Waals surface area contributed by atoms with Gasteiger partial charge in [0.1, 0.15) is 13.2 Å². The van der Waals surface area contributed by atoms with Crippen LogP contribution in [0.5, 0.6) is 0 Å². The van der Waals surface area contributed by atoms with E-state index in [-0.39, 0.29) is 38.6 Å². The Morgan fingerprint density at radius 3 is 1.13 bits per heavy atom. The third-order valence-corrected chi connectivity index (χ3v) is 11.8. The van der Waals surface area contributed by atoms with Gasteiger partial charge in [-0.2, -0.15) is 0 Å². The number of allylic oxidation sites excluding steroid dienone is 26. The second-order valence-electron chi connectivity index (χ2n) is 20.2. The molecule has 9 heteroatoms. The summed E-state index contributed by atoms with van der Waals surface area (Å²) in [6.07, 6.45) is 81.8. The van der Waals surface area contributed by atoms with Crippen LogP contribution in [0.2, 0.25) is 0 Å². The number of nitrogens with zero attached hydrogens (tertiary/aromatic N) is 1. The Bertz CT molecular complexity index is 1810. The summed E-state index contributed by atoms with van der Waals surface area (Å²) in [6, 6.07) is 0. The first-order valence-corrected chi connectivity index (χ1v) is 29.6. The summed E-state index contributed by atoms with van der Waals surface area (Å²) in [6.45, 7) is 4.64. The molecule has 0 saturated heterocycles. The maximum Gasteiger partial charge on any atom is 0.361 e. The molecule has 0 fully saturated rings. The number of quaternary nitrogens is 1. The fraction of sp³-hybridized carbons (Fsp3) is 0.574. The molecular formula is C68H108NO8+. The Labute approximate surface area is 470 Å². The SMILES string of the molecule is CC/C=C\C/C=C\C/C=C\C/C=C\C/C=C\C/C=C\C/C=C\C/C=C\C/C=C\C/C=C\CCCCC(=O)OC(COC(=O)CCCCCCCC/C=C\C/C=C\C/C=C\CCCCC)COC(OCC[N+](C)(C)C)C(=O)O. The number of unbranched alkanes of at least 4 members (excludes halogenated alkanes) is 11. The van der Waals surface area contributed by atoms with E-state index in [0.29, 0.717) is 17.4 Å². The maximum absolute atomic E-state index is 12.9. The third kappa shape index (κ3) is 58.4. The number of ether oxygens (including phenoxy) is 4. The lowest BCUT2D eigenvalue weighted by Gasteiger charge is -2.25. The van der Waals surface area contributed by atoms with E-state index in [0.717, 1.165) is 135 Å². The van der Waals surface area contributed by atoms with Gasteiger partial charge in [0.05, 0.1) is 34.4 Å². The van der Waals surface area contributed by atoms with Gasteiger partial charge in [-0.15, -0.1) is 0 Å². The minimum atomic E-state index is -1.54. The van der Waals surface area contributed by atoms with Crippen LogP contribution in [-0.2, 0) is 33.3 Å².